The summed E-state index contributed by atoms with van der Waals surface area (Å²) < 4.78 is 44.4. The Labute approximate surface area is 160 Å². The number of nitrogens with one attached hydrogen (secondary N) is 1. The lowest BCUT2D eigenvalue weighted by Gasteiger charge is -2.26. The third kappa shape index (κ3) is 3.30. The topological polar surface area (TPSA) is 115 Å². The van der Waals surface area contributed by atoms with Crippen LogP contribution >= 0.6 is 0 Å². The summed E-state index contributed by atoms with van der Waals surface area (Å²) in [6.45, 7) is 1.82. The van der Waals surface area contributed by atoms with E-state index in [9.17, 15) is 13.2 Å². The van der Waals surface area contributed by atoms with Crippen LogP contribution in [0.25, 0.3) is 11.0 Å². The van der Waals surface area contributed by atoms with Gasteiger partial charge < -0.3 is 19.0 Å². The number of benzene rings is 2. The van der Waals surface area contributed by atoms with Crippen molar-refractivity contribution in [1.29, 1.82) is 0 Å². The number of carboxylic acids is 1. The van der Waals surface area contributed by atoms with Crippen LogP contribution < -0.4 is 14.2 Å². The molecule has 4 rings (SSSR count). The quantitative estimate of drug-likeness (QED) is 0.673. The molecule has 1 aliphatic rings. The van der Waals surface area contributed by atoms with E-state index in [-0.39, 0.29) is 23.8 Å². The number of aromatic carboxylic acids is 1. The number of aryl methyl sites for hydroxylation is 1. The monoisotopic (exact) mass is 403 g/mol. The molecule has 146 valence electrons. The molecule has 0 amide bonds. The highest BCUT2D eigenvalue weighted by Crippen LogP contribution is 2.31. The van der Waals surface area contributed by atoms with E-state index in [0.29, 0.717) is 28.0 Å². The summed E-state index contributed by atoms with van der Waals surface area (Å²) >= 11 is 0. The third-order valence-electron chi connectivity index (χ3n) is 4.48. The fourth-order valence-electron chi connectivity index (χ4n) is 3.02. The molecule has 1 aliphatic heterocycles. The SMILES string of the molecule is Cc1c(C(=O)O)oc2ccc(S(=O)(=O)NCC3COc4ccccc4O3)cc12. The number of hydrogen-bond donors (Lipinski definition) is 2. The zero-order valence-corrected chi connectivity index (χ0v) is 15.7. The van der Waals surface area contributed by atoms with Crippen LogP contribution in [0.1, 0.15) is 16.1 Å². The summed E-state index contributed by atoms with van der Waals surface area (Å²) in [7, 11) is -3.83. The van der Waals surface area contributed by atoms with Gasteiger partial charge in [0.15, 0.2) is 11.5 Å². The van der Waals surface area contributed by atoms with Crippen molar-refractivity contribution in [1.82, 2.24) is 4.72 Å². The summed E-state index contributed by atoms with van der Waals surface area (Å²) in [6, 6.07) is 11.4. The summed E-state index contributed by atoms with van der Waals surface area (Å²) in [4.78, 5) is 11.2. The predicted molar refractivity (Wildman–Crippen MR) is 99.5 cm³/mol. The maximum absolute atomic E-state index is 12.7. The zero-order chi connectivity index (χ0) is 19.9. The first-order valence-electron chi connectivity index (χ1n) is 8.50. The molecule has 0 saturated heterocycles. The van der Waals surface area contributed by atoms with Gasteiger partial charge in [-0.2, -0.15) is 0 Å². The van der Waals surface area contributed by atoms with Gasteiger partial charge in [-0.15, -0.1) is 0 Å². The van der Waals surface area contributed by atoms with Gasteiger partial charge in [0.2, 0.25) is 15.8 Å². The van der Waals surface area contributed by atoms with E-state index in [4.69, 9.17) is 19.0 Å². The Kier molecular flexibility index (Phi) is 4.48. The third-order valence-corrected chi connectivity index (χ3v) is 5.90. The van der Waals surface area contributed by atoms with Crippen molar-refractivity contribution in [3.63, 3.8) is 0 Å². The minimum atomic E-state index is -3.83. The second-order valence-corrected chi connectivity index (χ2v) is 8.14. The average Bonchev–Trinajstić information content (AvgIpc) is 3.03. The molecule has 0 radical (unpaired) electrons. The average molecular weight is 403 g/mol. The highest BCUT2D eigenvalue weighted by Gasteiger charge is 2.24. The van der Waals surface area contributed by atoms with Crippen LogP contribution in [0.4, 0.5) is 0 Å². The first-order chi connectivity index (χ1) is 13.3. The minimum Gasteiger partial charge on any atom is -0.486 e. The van der Waals surface area contributed by atoms with E-state index in [0.717, 1.165) is 0 Å². The number of carbonyl (C=O) groups is 1. The molecule has 2 heterocycles. The second-order valence-electron chi connectivity index (χ2n) is 6.37. The molecule has 3 aromatic rings. The van der Waals surface area contributed by atoms with Crippen LogP contribution in [0.5, 0.6) is 11.5 Å². The molecule has 2 aromatic carbocycles. The van der Waals surface area contributed by atoms with Crippen LogP contribution in [-0.4, -0.2) is 38.7 Å². The Hall–Kier alpha value is -3.04. The van der Waals surface area contributed by atoms with E-state index in [1.807, 2.05) is 12.1 Å². The van der Waals surface area contributed by atoms with Gasteiger partial charge in [-0.05, 0) is 37.3 Å². The lowest BCUT2D eigenvalue weighted by molar-refractivity contribution is 0.0664. The molecule has 0 spiro atoms. The molecule has 0 bridgehead atoms. The normalized spacial score (nSPS) is 16.2. The standard InChI is InChI=1S/C19H17NO7S/c1-11-14-8-13(6-7-15(14)27-18(11)19(21)22)28(23,24)20-9-12-10-25-16-4-2-3-5-17(16)26-12/h2-8,12,20H,9-10H2,1H3,(H,21,22). The molecule has 1 atom stereocenters. The number of hydrogen-bond acceptors (Lipinski definition) is 6. The van der Waals surface area contributed by atoms with Crippen LogP contribution in [0.3, 0.4) is 0 Å². The molecule has 1 unspecified atom stereocenters. The van der Waals surface area contributed by atoms with Crippen molar-refractivity contribution in [2.24, 2.45) is 0 Å². The van der Waals surface area contributed by atoms with Crippen molar-refractivity contribution in [3.8, 4) is 11.5 Å². The molecular formula is C19H17NO7S. The highest BCUT2D eigenvalue weighted by molar-refractivity contribution is 7.89. The first kappa shape index (κ1) is 18.3. The van der Waals surface area contributed by atoms with Gasteiger partial charge in [-0.25, -0.2) is 17.9 Å². The molecule has 8 nitrogen and oxygen atoms in total. The number of rotatable bonds is 5. The van der Waals surface area contributed by atoms with Gasteiger partial charge >= 0.3 is 5.97 Å². The second kappa shape index (κ2) is 6.84. The predicted octanol–water partition coefficient (Wildman–Crippen LogP) is 2.56. The van der Waals surface area contributed by atoms with E-state index in [2.05, 4.69) is 4.72 Å². The molecule has 0 aliphatic carbocycles. The number of para-hydroxylation sites is 2. The fraction of sp³-hybridized carbons (Fsp3) is 0.211. The highest BCUT2D eigenvalue weighted by atomic mass is 32.2. The van der Waals surface area contributed by atoms with Crippen LogP contribution in [-0.2, 0) is 10.0 Å². The molecule has 28 heavy (non-hydrogen) atoms. The molecule has 1 aromatic heterocycles. The summed E-state index contributed by atoms with van der Waals surface area (Å²) in [5.41, 5.74) is 0.689. The summed E-state index contributed by atoms with van der Waals surface area (Å²) in [5.74, 6) is -0.221. The molecular weight excluding hydrogens is 386 g/mol. The Balaban J connectivity index is 1.52. The Morgan fingerprint density at radius 1 is 1.21 bits per heavy atom. The van der Waals surface area contributed by atoms with Gasteiger partial charge in [0, 0.05) is 10.9 Å². The van der Waals surface area contributed by atoms with Gasteiger partial charge in [0.05, 0.1) is 11.4 Å². The maximum atomic E-state index is 12.7. The number of sulfonamides is 1. The molecule has 0 saturated carbocycles. The Morgan fingerprint density at radius 3 is 2.71 bits per heavy atom. The maximum Gasteiger partial charge on any atom is 0.372 e. The van der Waals surface area contributed by atoms with Crippen LogP contribution in [0.15, 0.2) is 51.8 Å². The van der Waals surface area contributed by atoms with Crippen molar-refractivity contribution in [2.75, 3.05) is 13.2 Å². The van der Waals surface area contributed by atoms with Crippen molar-refractivity contribution in [3.05, 3.63) is 53.8 Å². The van der Waals surface area contributed by atoms with Crippen molar-refractivity contribution in [2.45, 2.75) is 17.9 Å². The molecule has 2 N–H and O–H groups in total. The minimum absolute atomic E-state index is 0.0120. The van der Waals surface area contributed by atoms with Crippen LogP contribution in [0.2, 0.25) is 0 Å². The Bertz CT molecular complexity index is 1170. The zero-order valence-electron chi connectivity index (χ0n) is 14.8. The number of fused-ring (bicyclic) bond motifs is 2. The Morgan fingerprint density at radius 2 is 1.96 bits per heavy atom. The van der Waals surface area contributed by atoms with Gasteiger partial charge in [-0.1, -0.05) is 12.1 Å². The largest absolute Gasteiger partial charge is 0.486 e. The summed E-state index contributed by atoms with van der Waals surface area (Å²) in [6.07, 6.45) is -0.470. The fourth-order valence-corrected chi connectivity index (χ4v) is 4.11. The molecule has 9 heteroatoms. The lowest BCUT2D eigenvalue weighted by Crippen LogP contribution is -2.40. The van der Waals surface area contributed by atoms with Crippen LogP contribution in [0, 0.1) is 6.92 Å². The van der Waals surface area contributed by atoms with E-state index >= 15 is 0 Å². The van der Waals surface area contributed by atoms with Gasteiger partial charge in [0.1, 0.15) is 18.3 Å². The number of carboxylic acid groups (broad SMARTS) is 1. The molecule has 0 fully saturated rings. The van der Waals surface area contributed by atoms with Crippen molar-refractivity contribution < 1.29 is 32.2 Å². The summed E-state index contributed by atoms with van der Waals surface area (Å²) in [5, 5.41) is 9.58. The van der Waals surface area contributed by atoms with Crippen molar-refractivity contribution >= 4 is 27.0 Å². The van der Waals surface area contributed by atoms with Gasteiger partial charge in [-0.3, -0.25) is 0 Å². The number of furan rings is 1. The lowest BCUT2D eigenvalue weighted by atomic mass is 10.1. The first-order valence-corrected chi connectivity index (χ1v) is 9.98. The van der Waals surface area contributed by atoms with Gasteiger partial charge in [0.25, 0.3) is 0 Å². The van der Waals surface area contributed by atoms with E-state index in [1.54, 1.807) is 19.1 Å². The smallest absolute Gasteiger partial charge is 0.372 e. The number of ether oxygens (including phenoxy) is 2. The van der Waals surface area contributed by atoms with E-state index in [1.165, 1.54) is 18.2 Å². The van der Waals surface area contributed by atoms with E-state index < -0.39 is 22.1 Å².